The fourth-order valence-electron chi connectivity index (χ4n) is 8.41. The van der Waals surface area contributed by atoms with Crippen molar-refractivity contribution in [1.29, 1.82) is 0 Å². The number of benzene rings is 4. The number of ether oxygens (including phenoxy) is 1. The molecule has 3 aliphatic carbocycles. The molecule has 4 aromatic rings. The molecule has 2 N–H and O–H groups in total. The SMILES string of the molecule is CCCN(CC1(O)CCC2c3ccc(cc3C(=O)c3cccc(C(F)(F)F)c3)CC(O)CCC(C)=CCCC21C)C(=O)Oc1ccc2ccccc2c1. The van der Waals surface area contributed by atoms with Gasteiger partial charge >= 0.3 is 12.3 Å². The van der Waals surface area contributed by atoms with Crippen LogP contribution in [-0.2, 0) is 12.6 Å². The summed E-state index contributed by atoms with van der Waals surface area (Å²) in [5.41, 5.74) is -0.500. The smallest absolute Gasteiger partial charge is 0.410 e. The molecule has 4 unspecified atom stereocenters. The molecule has 1 amide bonds. The fraction of sp³-hybridized carbons (Fsp3) is 0.409. The first-order chi connectivity index (χ1) is 25.2. The van der Waals surface area contributed by atoms with Crippen LogP contribution < -0.4 is 4.74 Å². The van der Waals surface area contributed by atoms with Crippen molar-refractivity contribution >= 4 is 22.6 Å². The predicted molar refractivity (Wildman–Crippen MR) is 200 cm³/mol. The zero-order valence-corrected chi connectivity index (χ0v) is 30.6. The van der Waals surface area contributed by atoms with E-state index in [1.165, 1.54) is 12.1 Å². The largest absolute Gasteiger partial charge is 0.416 e. The summed E-state index contributed by atoms with van der Waals surface area (Å²) >= 11 is 0. The van der Waals surface area contributed by atoms with Crippen molar-refractivity contribution in [2.75, 3.05) is 13.1 Å². The van der Waals surface area contributed by atoms with Crippen molar-refractivity contribution in [3.63, 3.8) is 0 Å². The number of rotatable bonds is 7. The topological polar surface area (TPSA) is 87.1 Å². The Morgan fingerprint density at radius 3 is 2.47 bits per heavy atom. The summed E-state index contributed by atoms with van der Waals surface area (Å²) in [5.74, 6) is -0.513. The van der Waals surface area contributed by atoms with Gasteiger partial charge in [-0.05, 0) is 116 Å². The second-order valence-electron chi connectivity index (χ2n) is 15.2. The number of aliphatic hydroxyl groups excluding tert-OH is 1. The molecule has 53 heavy (non-hydrogen) atoms. The molecule has 4 aromatic carbocycles. The quantitative estimate of drug-likeness (QED) is 0.146. The number of alkyl halides is 3. The van der Waals surface area contributed by atoms with Gasteiger partial charge in [-0.1, -0.05) is 80.1 Å². The van der Waals surface area contributed by atoms with Crippen molar-refractivity contribution in [2.24, 2.45) is 5.41 Å². The summed E-state index contributed by atoms with van der Waals surface area (Å²) in [6.45, 7) is 6.35. The van der Waals surface area contributed by atoms with Gasteiger partial charge in [-0.15, -0.1) is 0 Å². The first-order valence-electron chi connectivity index (χ1n) is 18.6. The maximum atomic E-state index is 14.3. The average molecular weight is 728 g/mol. The van der Waals surface area contributed by atoms with Gasteiger partial charge in [-0.25, -0.2) is 4.79 Å². The van der Waals surface area contributed by atoms with Crippen molar-refractivity contribution in [2.45, 2.75) is 95.9 Å². The minimum Gasteiger partial charge on any atom is -0.410 e. The van der Waals surface area contributed by atoms with E-state index in [9.17, 15) is 33.0 Å². The molecule has 9 heteroatoms. The number of hydrogen-bond acceptors (Lipinski definition) is 5. The van der Waals surface area contributed by atoms with Gasteiger partial charge < -0.3 is 19.8 Å². The van der Waals surface area contributed by atoms with Crippen LogP contribution in [0.3, 0.4) is 0 Å². The minimum atomic E-state index is -4.62. The molecule has 0 saturated heterocycles. The summed E-state index contributed by atoms with van der Waals surface area (Å²) in [6.07, 6.45) is 0.333. The van der Waals surface area contributed by atoms with Gasteiger partial charge in [0.05, 0.1) is 23.8 Å². The number of ketones is 1. The third-order valence-electron chi connectivity index (χ3n) is 11.5. The number of hydrogen-bond donors (Lipinski definition) is 2. The number of aliphatic hydroxyl groups is 2. The summed E-state index contributed by atoms with van der Waals surface area (Å²) in [7, 11) is 0. The highest BCUT2D eigenvalue weighted by atomic mass is 19.4. The van der Waals surface area contributed by atoms with Crippen LogP contribution in [0, 0.1) is 5.41 Å². The second kappa shape index (κ2) is 15.5. The van der Waals surface area contributed by atoms with Crippen molar-refractivity contribution < 1.29 is 37.7 Å². The van der Waals surface area contributed by atoms with E-state index in [0.717, 1.165) is 28.5 Å². The molecule has 4 atom stereocenters. The number of nitrogens with zero attached hydrogens (tertiary/aromatic N) is 1. The Hall–Kier alpha value is -4.47. The second-order valence-corrected chi connectivity index (χ2v) is 15.2. The lowest BCUT2D eigenvalue weighted by Gasteiger charge is -2.46. The van der Waals surface area contributed by atoms with Crippen LogP contribution in [0.2, 0.25) is 0 Å². The number of amides is 1. The predicted octanol–water partition coefficient (Wildman–Crippen LogP) is 10.0. The number of allylic oxidation sites excluding steroid dienone is 2. The summed E-state index contributed by atoms with van der Waals surface area (Å²) in [4.78, 5) is 29.7. The molecule has 1 saturated carbocycles. The van der Waals surface area contributed by atoms with E-state index in [1.54, 1.807) is 17.0 Å². The molecule has 6 nitrogen and oxygen atoms in total. The average Bonchev–Trinajstić information content (AvgIpc) is 3.38. The zero-order valence-electron chi connectivity index (χ0n) is 30.6. The van der Waals surface area contributed by atoms with E-state index in [-0.39, 0.29) is 30.0 Å². The molecule has 2 bridgehead atoms. The first-order valence-corrected chi connectivity index (χ1v) is 18.6. The lowest BCUT2D eigenvalue weighted by Crippen LogP contribution is -2.54. The van der Waals surface area contributed by atoms with Gasteiger partial charge in [0, 0.05) is 23.1 Å². The van der Waals surface area contributed by atoms with Gasteiger partial charge in [0.2, 0.25) is 0 Å². The normalized spacial score (nSPS) is 23.6. The van der Waals surface area contributed by atoms with Crippen molar-refractivity contribution in [1.82, 2.24) is 4.90 Å². The molecule has 3 aliphatic rings. The van der Waals surface area contributed by atoms with E-state index in [2.05, 4.69) is 6.08 Å². The Bertz CT molecular complexity index is 2010. The molecule has 0 radical (unpaired) electrons. The van der Waals surface area contributed by atoms with Gasteiger partial charge in [0.25, 0.3) is 0 Å². The highest BCUT2D eigenvalue weighted by molar-refractivity contribution is 6.10. The van der Waals surface area contributed by atoms with Crippen LogP contribution in [0.15, 0.2) is 96.6 Å². The van der Waals surface area contributed by atoms with E-state index in [4.69, 9.17) is 4.74 Å². The zero-order chi connectivity index (χ0) is 38.0. The third kappa shape index (κ3) is 8.21. The van der Waals surface area contributed by atoms with E-state index in [1.807, 2.05) is 69.3 Å². The fourth-order valence-corrected chi connectivity index (χ4v) is 8.41. The molecular formula is C44H48F3NO5. The summed E-state index contributed by atoms with van der Waals surface area (Å²) < 4.78 is 47.1. The van der Waals surface area contributed by atoms with Crippen LogP contribution in [-0.4, -0.2) is 51.8 Å². The van der Waals surface area contributed by atoms with Gasteiger partial charge in [0.1, 0.15) is 5.75 Å². The number of carbonyl (C=O) groups excluding carboxylic acids is 2. The van der Waals surface area contributed by atoms with E-state index in [0.29, 0.717) is 68.4 Å². The molecule has 1 fully saturated rings. The lowest BCUT2D eigenvalue weighted by molar-refractivity contribution is -0.137. The molecule has 280 valence electrons. The highest BCUT2D eigenvalue weighted by Gasteiger charge is 2.57. The van der Waals surface area contributed by atoms with Crippen LogP contribution >= 0.6 is 0 Å². The molecular weight excluding hydrogens is 679 g/mol. The van der Waals surface area contributed by atoms with Crippen LogP contribution in [0.25, 0.3) is 10.8 Å². The summed E-state index contributed by atoms with van der Waals surface area (Å²) in [6, 6.07) is 23.1. The van der Waals surface area contributed by atoms with Gasteiger partial charge in [-0.3, -0.25) is 4.79 Å². The molecule has 7 rings (SSSR count). The highest BCUT2D eigenvalue weighted by Crippen LogP contribution is 2.59. The van der Waals surface area contributed by atoms with Crippen LogP contribution in [0.4, 0.5) is 18.0 Å². The van der Waals surface area contributed by atoms with E-state index >= 15 is 0 Å². The van der Waals surface area contributed by atoms with Gasteiger partial charge in [-0.2, -0.15) is 13.2 Å². The van der Waals surface area contributed by atoms with Crippen molar-refractivity contribution in [3.05, 3.63) is 124 Å². The Balaban J connectivity index is 1.38. The third-order valence-corrected chi connectivity index (χ3v) is 11.5. The molecule has 0 aromatic heterocycles. The van der Waals surface area contributed by atoms with Crippen LogP contribution in [0.5, 0.6) is 5.75 Å². The minimum absolute atomic E-state index is 0.00410. The monoisotopic (exact) mass is 727 g/mol. The number of carbonyl (C=O) groups is 2. The number of halogens is 3. The Morgan fingerprint density at radius 1 is 0.943 bits per heavy atom. The maximum Gasteiger partial charge on any atom is 0.416 e. The Kier molecular flexibility index (Phi) is 11.2. The van der Waals surface area contributed by atoms with Crippen molar-refractivity contribution in [3.8, 4) is 5.75 Å². The molecule has 0 spiro atoms. The van der Waals surface area contributed by atoms with Crippen LogP contribution in [0.1, 0.15) is 104 Å². The summed E-state index contributed by atoms with van der Waals surface area (Å²) in [5, 5.41) is 25.7. The lowest BCUT2D eigenvalue weighted by atomic mass is 9.64. The van der Waals surface area contributed by atoms with E-state index < -0.39 is 40.7 Å². The maximum absolute atomic E-state index is 14.3. The Morgan fingerprint density at radius 2 is 1.72 bits per heavy atom. The number of fused-ring (bicyclic) bond motifs is 9. The standard InChI is InChI=1S/C44H48F3NO5/c1-4-23-48(41(51)53-36-18-16-31-10-5-6-11-32(31)27-36)28-43(52)22-20-39-37-19-15-30(24-35(49)17-14-29(2)9-8-21-42(39,43)3)25-38(37)40(50)33-12-7-13-34(26-33)44(45,46)47/h5-7,9-13,15-16,18-19,25-27,35,39,49,52H,4,8,14,17,20-24,28H2,1-3H3. The van der Waals surface area contributed by atoms with Gasteiger partial charge in [0.15, 0.2) is 5.78 Å². The molecule has 0 heterocycles. The Labute approximate surface area is 309 Å². The first kappa shape index (κ1) is 38.3. The molecule has 0 aliphatic heterocycles.